The smallest absolute Gasteiger partial charge is 0.272 e. The van der Waals surface area contributed by atoms with Gasteiger partial charge in [-0.15, -0.1) is 0 Å². The highest BCUT2D eigenvalue weighted by atomic mass is 16.5. The van der Waals surface area contributed by atoms with Crippen LogP contribution in [0, 0.1) is 0 Å². The number of aryl methyl sites for hydroxylation is 1. The molecule has 1 saturated heterocycles. The predicted molar refractivity (Wildman–Crippen MR) is 106 cm³/mol. The molecule has 1 fully saturated rings. The lowest BCUT2D eigenvalue weighted by molar-refractivity contribution is 0.0550. The van der Waals surface area contributed by atoms with Crippen molar-refractivity contribution >= 4 is 11.8 Å². The zero-order chi connectivity index (χ0) is 20.0. The van der Waals surface area contributed by atoms with Gasteiger partial charge in [-0.3, -0.25) is 14.3 Å². The van der Waals surface area contributed by atoms with E-state index in [1.807, 2.05) is 42.2 Å². The molecule has 0 saturated carbocycles. The minimum Gasteiger partial charge on any atom is -0.385 e. The number of carbonyl (C=O) groups is 2. The average Bonchev–Trinajstić information content (AvgIpc) is 3.22. The lowest BCUT2D eigenvalue weighted by Crippen LogP contribution is -2.56. The maximum absolute atomic E-state index is 12.9. The van der Waals surface area contributed by atoms with Gasteiger partial charge in [-0.05, 0) is 44.4 Å². The Morgan fingerprint density at radius 1 is 1.18 bits per heavy atom. The molecule has 3 rings (SSSR count). The third kappa shape index (κ3) is 4.42. The van der Waals surface area contributed by atoms with Crippen LogP contribution in [-0.4, -0.2) is 58.8 Å². The summed E-state index contributed by atoms with van der Waals surface area (Å²) in [6, 6.07) is 11.0. The van der Waals surface area contributed by atoms with Crippen molar-refractivity contribution in [2.75, 3.05) is 26.8 Å². The van der Waals surface area contributed by atoms with Crippen LogP contribution in [0.2, 0.25) is 0 Å². The number of hydrogen-bond donors (Lipinski definition) is 1. The van der Waals surface area contributed by atoms with E-state index >= 15 is 0 Å². The Balaban J connectivity index is 1.69. The Bertz CT molecular complexity index is 795. The van der Waals surface area contributed by atoms with E-state index in [0.717, 1.165) is 6.42 Å². The molecule has 0 radical (unpaired) electrons. The molecule has 7 nitrogen and oxygen atoms in total. The number of benzene rings is 1. The first kappa shape index (κ1) is 20.1. The second kappa shape index (κ2) is 9.01. The number of nitrogens with one attached hydrogen (secondary N) is 1. The number of carbonyl (C=O) groups excluding carboxylic acids is 2. The minimum atomic E-state index is -0.370. The molecule has 0 spiro atoms. The van der Waals surface area contributed by atoms with Crippen molar-refractivity contribution in [1.82, 2.24) is 20.0 Å². The molecule has 0 atom stereocenters. The van der Waals surface area contributed by atoms with Crippen LogP contribution < -0.4 is 5.32 Å². The molecule has 1 aromatic heterocycles. The molecule has 150 valence electrons. The summed E-state index contributed by atoms with van der Waals surface area (Å²) in [4.78, 5) is 27.4. The molecule has 2 heterocycles. The van der Waals surface area contributed by atoms with Gasteiger partial charge in [-0.25, -0.2) is 0 Å². The number of ether oxygens (including phenoxy) is 1. The summed E-state index contributed by atoms with van der Waals surface area (Å²) in [5.74, 6) is -0.0883. The summed E-state index contributed by atoms with van der Waals surface area (Å²) in [6.45, 7) is 4.37. The highest BCUT2D eigenvalue weighted by Crippen LogP contribution is 2.27. The van der Waals surface area contributed by atoms with Crippen LogP contribution >= 0.6 is 0 Å². The number of piperidine rings is 1. The molecular weight excluding hydrogens is 356 g/mol. The van der Waals surface area contributed by atoms with Gasteiger partial charge in [0.25, 0.3) is 11.8 Å². The number of rotatable bonds is 7. The van der Waals surface area contributed by atoms with E-state index in [1.165, 1.54) is 0 Å². The monoisotopic (exact) mass is 384 g/mol. The van der Waals surface area contributed by atoms with Crippen LogP contribution in [0.1, 0.15) is 47.0 Å². The van der Waals surface area contributed by atoms with Crippen LogP contribution in [0.25, 0.3) is 0 Å². The molecule has 1 aromatic carbocycles. The summed E-state index contributed by atoms with van der Waals surface area (Å²) in [5, 5.41) is 7.41. The summed E-state index contributed by atoms with van der Waals surface area (Å²) in [5.41, 5.74) is 0.884. The molecule has 2 amide bonds. The first-order chi connectivity index (χ1) is 13.6. The average molecular weight is 384 g/mol. The summed E-state index contributed by atoms with van der Waals surface area (Å²) >= 11 is 0. The lowest BCUT2D eigenvalue weighted by atomic mass is 9.84. The number of hydrogen-bond acceptors (Lipinski definition) is 4. The van der Waals surface area contributed by atoms with Gasteiger partial charge in [0.2, 0.25) is 0 Å². The van der Waals surface area contributed by atoms with Gasteiger partial charge in [0.1, 0.15) is 5.69 Å². The molecule has 0 aliphatic carbocycles. The molecular formula is C21H28N4O3. The SMILES string of the molecule is CCn1nccc1C(=O)N1CCC(CCOC)(NC(=O)c2ccccc2)CC1. The molecule has 7 heteroatoms. The summed E-state index contributed by atoms with van der Waals surface area (Å²) < 4.78 is 6.99. The van der Waals surface area contributed by atoms with Gasteiger partial charge in [0.05, 0.1) is 0 Å². The molecule has 28 heavy (non-hydrogen) atoms. The maximum Gasteiger partial charge on any atom is 0.272 e. The first-order valence-electron chi connectivity index (χ1n) is 9.76. The van der Waals surface area contributed by atoms with Gasteiger partial charge in [0, 0.05) is 50.7 Å². The topological polar surface area (TPSA) is 76.5 Å². The highest BCUT2D eigenvalue weighted by molar-refractivity contribution is 5.95. The van der Waals surface area contributed by atoms with Crippen LogP contribution in [0.15, 0.2) is 42.6 Å². The van der Waals surface area contributed by atoms with Crippen molar-refractivity contribution in [3.8, 4) is 0 Å². The predicted octanol–water partition coefficient (Wildman–Crippen LogP) is 2.34. The zero-order valence-electron chi connectivity index (χ0n) is 16.6. The van der Waals surface area contributed by atoms with Crippen molar-refractivity contribution in [1.29, 1.82) is 0 Å². The van der Waals surface area contributed by atoms with E-state index in [4.69, 9.17) is 4.74 Å². The maximum atomic E-state index is 12.9. The van der Waals surface area contributed by atoms with Gasteiger partial charge in [0.15, 0.2) is 0 Å². The van der Waals surface area contributed by atoms with Gasteiger partial charge >= 0.3 is 0 Å². The molecule has 1 aliphatic heterocycles. The first-order valence-corrected chi connectivity index (χ1v) is 9.76. The van der Waals surface area contributed by atoms with E-state index in [1.54, 1.807) is 24.1 Å². The largest absolute Gasteiger partial charge is 0.385 e. The van der Waals surface area contributed by atoms with Crippen LogP contribution in [0.5, 0.6) is 0 Å². The van der Waals surface area contributed by atoms with E-state index in [2.05, 4.69) is 10.4 Å². The van der Waals surface area contributed by atoms with Crippen molar-refractivity contribution in [2.45, 2.75) is 38.3 Å². The quantitative estimate of drug-likeness (QED) is 0.795. The molecule has 0 unspecified atom stereocenters. The molecule has 0 bridgehead atoms. The van der Waals surface area contributed by atoms with Gasteiger partial charge < -0.3 is 15.0 Å². The summed E-state index contributed by atoms with van der Waals surface area (Å²) in [7, 11) is 1.66. The zero-order valence-corrected chi connectivity index (χ0v) is 16.6. The Labute approximate surface area is 165 Å². The van der Waals surface area contributed by atoms with Crippen LogP contribution in [0.4, 0.5) is 0 Å². The number of amides is 2. The van der Waals surface area contributed by atoms with E-state index in [-0.39, 0.29) is 17.4 Å². The Hall–Kier alpha value is -2.67. The number of aromatic nitrogens is 2. The third-order valence-corrected chi connectivity index (χ3v) is 5.44. The standard InChI is InChI=1S/C21H28N4O3/c1-3-25-18(9-13-22-25)20(27)24-14-10-21(11-15-24,12-16-28-2)23-19(26)17-7-5-4-6-8-17/h4-9,13H,3,10-12,14-16H2,1-2H3,(H,23,26). The highest BCUT2D eigenvalue weighted by Gasteiger charge is 2.37. The van der Waals surface area contributed by atoms with Crippen molar-refractivity contribution in [3.05, 3.63) is 53.9 Å². The Kier molecular flexibility index (Phi) is 6.46. The normalized spacial score (nSPS) is 16.0. The van der Waals surface area contributed by atoms with Crippen molar-refractivity contribution in [2.24, 2.45) is 0 Å². The van der Waals surface area contributed by atoms with E-state index in [9.17, 15) is 9.59 Å². The summed E-state index contributed by atoms with van der Waals surface area (Å²) in [6.07, 6.45) is 3.77. The number of nitrogens with zero attached hydrogens (tertiary/aromatic N) is 3. The fourth-order valence-corrected chi connectivity index (χ4v) is 3.70. The fraction of sp³-hybridized carbons (Fsp3) is 0.476. The Morgan fingerprint density at radius 3 is 2.54 bits per heavy atom. The Morgan fingerprint density at radius 2 is 1.89 bits per heavy atom. The number of methoxy groups -OCH3 is 1. The second-order valence-corrected chi connectivity index (χ2v) is 7.17. The molecule has 1 N–H and O–H groups in total. The lowest BCUT2D eigenvalue weighted by Gasteiger charge is -2.42. The third-order valence-electron chi connectivity index (χ3n) is 5.44. The fourth-order valence-electron chi connectivity index (χ4n) is 3.70. The molecule has 1 aliphatic rings. The number of likely N-dealkylation sites (tertiary alicyclic amines) is 1. The minimum absolute atomic E-state index is 0.00548. The van der Waals surface area contributed by atoms with Gasteiger partial charge in [-0.1, -0.05) is 18.2 Å². The van der Waals surface area contributed by atoms with E-state index in [0.29, 0.717) is 50.3 Å². The van der Waals surface area contributed by atoms with Crippen molar-refractivity contribution in [3.63, 3.8) is 0 Å². The van der Waals surface area contributed by atoms with Crippen LogP contribution in [-0.2, 0) is 11.3 Å². The molecule has 2 aromatic rings. The van der Waals surface area contributed by atoms with Crippen molar-refractivity contribution < 1.29 is 14.3 Å². The van der Waals surface area contributed by atoms with Crippen LogP contribution in [0.3, 0.4) is 0 Å². The van der Waals surface area contributed by atoms with E-state index < -0.39 is 0 Å². The second-order valence-electron chi connectivity index (χ2n) is 7.17. The van der Waals surface area contributed by atoms with Gasteiger partial charge in [-0.2, -0.15) is 5.10 Å².